The predicted molar refractivity (Wildman–Crippen MR) is 101 cm³/mol. The predicted octanol–water partition coefficient (Wildman–Crippen LogP) is 4.57. The molecule has 0 radical (unpaired) electrons. The summed E-state index contributed by atoms with van der Waals surface area (Å²) in [6.07, 6.45) is -1.29. The number of fused-ring (bicyclic) bond motifs is 1. The molecule has 0 saturated carbocycles. The number of ether oxygens (including phenoxy) is 1. The lowest BCUT2D eigenvalue weighted by atomic mass is 9.95. The van der Waals surface area contributed by atoms with Crippen LogP contribution in [0, 0.1) is 0 Å². The van der Waals surface area contributed by atoms with Crippen molar-refractivity contribution in [3.8, 4) is 0 Å². The summed E-state index contributed by atoms with van der Waals surface area (Å²) in [6, 6.07) is 0. The van der Waals surface area contributed by atoms with Gasteiger partial charge in [0.25, 0.3) is 5.91 Å². The highest BCUT2D eigenvalue weighted by Gasteiger charge is 2.40. The fourth-order valence-electron chi connectivity index (χ4n) is 3.19. The molecule has 11 heteroatoms. The van der Waals surface area contributed by atoms with E-state index in [-0.39, 0.29) is 17.2 Å². The molecule has 0 atom stereocenters. The van der Waals surface area contributed by atoms with Crippen LogP contribution in [0.4, 0.5) is 18.2 Å². The lowest BCUT2D eigenvalue weighted by Crippen LogP contribution is -2.16. The van der Waals surface area contributed by atoms with Crippen LogP contribution in [0.3, 0.4) is 0 Å². The number of carbonyl (C=O) groups excluding carboxylic acids is 2. The average molecular weight is 480 g/mol. The van der Waals surface area contributed by atoms with Gasteiger partial charge in [-0.1, -0.05) is 0 Å². The van der Waals surface area contributed by atoms with Gasteiger partial charge in [-0.15, -0.1) is 11.3 Å². The quantitative estimate of drug-likeness (QED) is 0.651. The number of nitrogens with zero attached hydrogens (tertiary/aromatic N) is 2. The molecule has 3 rings (SSSR count). The van der Waals surface area contributed by atoms with Gasteiger partial charge in [-0.3, -0.25) is 9.48 Å². The summed E-state index contributed by atoms with van der Waals surface area (Å²) in [6.45, 7) is 1.86. The fourth-order valence-corrected chi connectivity index (χ4v) is 5.20. The Morgan fingerprint density at radius 3 is 2.61 bits per heavy atom. The lowest BCUT2D eigenvalue weighted by Gasteiger charge is -2.12. The smallest absolute Gasteiger partial charge is 0.434 e. The van der Waals surface area contributed by atoms with Crippen LogP contribution in [0.5, 0.6) is 0 Å². The summed E-state index contributed by atoms with van der Waals surface area (Å²) < 4.78 is 44.7. The minimum Gasteiger partial charge on any atom is -0.462 e. The first-order valence-electron chi connectivity index (χ1n) is 8.57. The molecule has 28 heavy (non-hydrogen) atoms. The number of hydrogen-bond acceptors (Lipinski definition) is 5. The van der Waals surface area contributed by atoms with E-state index in [9.17, 15) is 22.8 Å². The largest absolute Gasteiger partial charge is 0.462 e. The molecule has 2 aromatic rings. The highest BCUT2D eigenvalue weighted by molar-refractivity contribution is 9.10. The zero-order valence-corrected chi connectivity index (χ0v) is 17.5. The molecule has 2 heterocycles. The summed E-state index contributed by atoms with van der Waals surface area (Å²) in [5.41, 5.74) is -0.330. The second kappa shape index (κ2) is 7.86. The molecule has 0 fully saturated rings. The maximum absolute atomic E-state index is 13.1. The number of aromatic nitrogens is 2. The number of amides is 1. The first-order valence-corrected chi connectivity index (χ1v) is 10.2. The van der Waals surface area contributed by atoms with Crippen LogP contribution in [0.15, 0.2) is 4.47 Å². The molecule has 0 unspecified atom stereocenters. The van der Waals surface area contributed by atoms with E-state index in [0.717, 1.165) is 36.8 Å². The molecule has 0 aromatic carbocycles. The van der Waals surface area contributed by atoms with Crippen LogP contribution in [-0.2, 0) is 30.8 Å². The number of halogens is 4. The van der Waals surface area contributed by atoms with E-state index in [0.29, 0.717) is 11.1 Å². The number of nitrogens with one attached hydrogen (secondary N) is 1. The summed E-state index contributed by atoms with van der Waals surface area (Å²) in [7, 11) is 1.11. The number of esters is 1. The van der Waals surface area contributed by atoms with Crippen molar-refractivity contribution >= 4 is 44.1 Å². The third-order valence-electron chi connectivity index (χ3n) is 4.35. The highest BCUT2D eigenvalue weighted by atomic mass is 79.9. The average Bonchev–Trinajstić information content (AvgIpc) is 3.11. The SMILES string of the molecule is CCOC(=O)c1c(NC(=O)c2nn(C)c(C(F)(F)F)c2Br)sc2c1CCCC2. The Morgan fingerprint density at radius 2 is 2.00 bits per heavy atom. The van der Waals surface area contributed by atoms with E-state index in [4.69, 9.17) is 4.74 Å². The number of alkyl halides is 3. The van der Waals surface area contributed by atoms with Gasteiger partial charge in [0.05, 0.1) is 16.6 Å². The molecule has 0 spiro atoms. The molecular formula is C17H17BrF3N3O3S. The topological polar surface area (TPSA) is 73.2 Å². The Morgan fingerprint density at radius 1 is 1.32 bits per heavy atom. The fraction of sp³-hybridized carbons (Fsp3) is 0.471. The number of anilines is 1. The molecule has 1 aliphatic carbocycles. The third-order valence-corrected chi connectivity index (χ3v) is 6.31. The zero-order chi connectivity index (χ0) is 20.6. The Kier molecular flexibility index (Phi) is 5.85. The van der Waals surface area contributed by atoms with E-state index in [2.05, 4.69) is 26.3 Å². The monoisotopic (exact) mass is 479 g/mol. The molecular weight excluding hydrogens is 463 g/mol. The van der Waals surface area contributed by atoms with E-state index in [1.807, 2.05) is 0 Å². The lowest BCUT2D eigenvalue weighted by molar-refractivity contribution is -0.144. The van der Waals surface area contributed by atoms with Crippen LogP contribution in [0.2, 0.25) is 0 Å². The number of carbonyl (C=O) groups is 2. The summed E-state index contributed by atoms with van der Waals surface area (Å²) in [5, 5.41) is 6.53. The Balaban J connectivity index is 1.97. The van der Waals surface area contributed by atoms with Crippen molar-refractivity contribution in [2.45, 2.75) is 38.8 Å². The summed E-state index contributed by atoms with van der Waals surface area (Å²) >= 11 is 4.09. The number of rotatable bonds is 4. The Bertz CT molecular complexity index is 936. The molecule has 0 aliphatic heterocycles. The molecule has 6 nitrogen and oxygen atoms in total. The Labute approximate surface area is 171 Å². The molecule has 1 amide bonds. The van der Waals surface area contributed by atoms with Crippen molar-refractivity contribution in [3.05, 3.63) is 31.9 Å². The normalized spacial score (nSPS) is 13.9. The van der Waals surface area contributed by atoms with Gasteiger partial charge in [0.15, 0.2) is 11.4 Å². The van der Waals surface area contributed by atoms with Crippen LogP contribution < -0.4 is 5.32 Å². The molecule has 152 valence electrons. The number of aryl methyl sites for hydroxylation is 2. The van der Waals surface area contributed by atoms with E-state index >= 15 is 0 Å². The van der Waals surface area contributed by atoms with Gasteiger partial charge in [-0.05, 0) is 54.1 Å². The van der Waals surface area contributed by atoms with Crippen molar-refractivity contribution in [2.75, 3.05) is 11.9 Å². The van der Waals surface area contributed by atoms with Gasteiger partial charge >= 0.3 is 12.1 Å². The van der Waals surface area contributed by atoms with E-state index in [1.165, 1.54) is 11.3 Å². The van der Waals surface area contributed by atoms with Gasteiger partial charge in [-0.25, -0.2) is 4.79 Å². The standard InChI is InChI=1S/C17H17BrF3N3O3S/c1-3-27-16(26)10-8-6-4-5-7-9(8)28-15(10)22-14(25)12-11(18)13(17(19,20)21)24(2)23-12/h3-7H2,1-2H3,(H,22,25). The van der Waals surface area contributed by atoms with Crippen LogP contribution in [-0.4, -0.2) is 28.3 Å². The molecule has 0 bridgehead atoms. The van der Waals surface area contributed by atoms with Crippen molar-refractivity contribution in [1.82, 2.24) is 9.78 Å². The Hall–Kier alpha value is -1.88. The second-order valence-corrected chi connectivity index (χ2v) is 8.12. The minimum absolute atomic E-state index is 0.178. The van der Waals surface area contributed by atoms with Gasteiger partial charge in [0.1, 0.15) is 5.00 Å². The van der Waals surface area contributed by atoms with Crippen molar-refractivity contribution < 1.29 is 27.5 Å². The molecule has 2 aromatic heterocycles. The van der Waals surface area contributed by atoms with Crippen molar-refractivity contribution in [2.24, 2.45) is 7.05 Å². The maximum atomic E-state index is 13.1. The minimum atomic E-state index is -4.67. The van der Waals surface area contributed by atoms with E-state index < -0.39 is 33.9 Å². The van der Waals surface area contributed by atoms with Gasteiger partial charge in [-0.2, -0.15) is 18.3 Å². The molecule has 1 aliphatic rings. The first kappa shape index (κ1) is 20.8. The molecule has 1 N–H and O–H groups in total. The number of thiophene rings is 1. The highest BCUT2D eigenvalue weighted by Crippen LogP contribution is 2.40. The summed E-state index contributed by atoms with van der Waals surface area (Å²) in [4.78, 5) is 26.1. The first-order chi connectivity index (χ1) is 13.1. The summed E-state index contributed by atoms with van der Waals surface area (Å²) in [5.74, 6) is -1.38. The number of hydrogen-bond donors (Lipinski definition) is 1. The second-order valence-electron chi connectivity index (χ2n) is 6.22. The van der Waals surface area contributed by atoms with Crippen LogP contribution >= 0.6 is 27.3 Å². The maximum Gasteiger partial charge on any atom is 0.434 e. The van der Waals surface area contributed by atoms with Crippen molar-refractivity contribution in [3.63, 3.8) is 0 Å². The third kappa shape index (κ3) is 3.82. The zero-order valence-electron chi connectivity index (χ0n) is 15.1. The van der Waals surface area contributed by atoms with Gasteiger partial charge in [0, 0.05) is 11.9 Å². The van der Waals surface area contributed by atoms with Crippen molar-refractivity contribution in [1.29, 1.82) is 0 Å². The van der Waals surface area contributed by atoms with Crippen LogP contribution in [0.1, 0.15) is 56.7 Å². The molecule has 0 saturated heterocycles. The van der Waals surface area contributed by atoms with Crippen LogP contribution in [0.25, 0.3) is 0 Å². The van der Waals surface area contributed by atoms with E-state index in [1.54, 1.807) is 6.92 Å². The van der Waals surface area contributed by atoms with Gasteiger partial charge in [0.2, 0.25) is 0 Å². The van der Waals surface area contributed by atoms with Gasteiger partial charge < -0.3 is 10.1 Å².